The van der Waals surface area contributed by atoms with Crippen molar-refractivity contribution in [3.05, 3.63) is 24.3 Å². The zero-order valence-electron chi connectivity index (χ0n) is 11.5. The van der Waals surface area contributed by atoms with E-state index >= 15 is 0 Å². The van der Waals surface area contributed by atoms with E-state index in [0.717, 1.165) is 30.7 Å². The SMILES string of the molecule is Nc1nc2ccccc2n1CC1CN2CCCC2CO1. The van der Waals surface area contributed by atoms with Gasteiger partial charge in [0, 0.05) is 12.6 Å². The predicted molar refractivity (Wildman–Crippen MR) is 78.5 cm³/mol. The van der Waals surface area contributed by atoms with Gasteiger partial charge in [0.05, 0.1) is 30.3 Å². The van der Waals surface area contributed by atoms with Crippen molar-refractivity contribution >= 4 is 17.0 Å². The molecule has 5 nitrogen and oxygen atoms in total. The summed E-state index contributed by atoms with van der Waals surface area (Å²) in [5.41, 5.74) is 8.11. The van der Waals surface area contributed by atoms with Gasteiger partial charge in [-0.25, -0.2) is 4.98 Å². The molecule has 0 radical (unpaired) electrons. The van der Waals surface area contributed by atoms with Gasteiger partial charge in [-0.15, -0.1) is 0 Å². The van der Waals surface area contributed by atoms with Crippen LogP contribution in [0.15, 0.2) is 24.3 Å². The van der Waals surface area contributed by atoms with Crippen LogP contribution in [0.3, 0.4) is 0 Å². The van der Waals surface area contributed by atoms with Gasteiger partial charge < -0.3 is 15.0 Å². The standard InChI is InChI=1S/C15H20N4O/c16-15-17-13-5-1-2-6-14(13)19(15)9-12-8-18-7-3-4-11(18)10-20-12/h1-2,5-6,11-12H,3-4,7-10H2,(H2,16,17). The fraction of sp³-hybridized carbons (Fsp3) is 0.533. The van der Waals surface area contributed by atoms with E-state index in [2.05, 4.69) is 20.5 Å². The maximum atomic E-state index is 6.06. The van der Waals surface area contributed by atoms with Gasteiger partial charge >= 0.3 is 0 Å². The summed E-state index contributed by atoms with van der Waals surface area (Å²) in [5, 5.41) is 0. The lowest BCUT2D eigenvalue weighted by molar-refractivity contribution is -0.0545. The zero-order valence-corrected chi connectivity index (χ0v) is 11.5. The summed E-state index contributed by atoms with van der Waals surface area (Å²) in [7, 11) is 0. The van der Waals surface area contributed by atoms with Crippen LogP contribution in [0.5, 0.6) is 0 Å². The van der Waals surface area contributed by atoms with Crippen molar-refractivity contribution in [2.75, 3.05) is 25.4 Å². The van der Waals surface area contributed by atoms with Gasteiger partial charge in [-0.05, 0) is 31.5 Å². The summed E-state index contributed by atoms with van der Waals surface area (Å²) in [6, 6.07) is 8.73. The third-order valence-corrected chi connectivity index (χ3v) is 4.53. The minimum absolute atomic E-state index is 0.212. The summed E-state index contributed by atoms with van der Waals surface area (Å²) in [5.74, 6) is 0.582. The van der Waals surface area contributed by atoms with E-state index in [0.29, 0.717) is 12.0 Å². The topological polar surface area (TPSA) is 56.3 Å². The van der Waals surface area contributed by atoms with Crippen molar-refractivity contribution in [1.82, 2.24) is 14.5 Å². The lowest BCUT2D eigenvalue weighted by atomic mass is 10.2. The highest BCUT2D eigenvalue weighted by atomic mass is 16.5. The van der Waals surface area contributed by atoms with E-state index in [1.165, 1.54) is 19.4 Å². The van der Waals surface area contributed by atoms with Gasteiger partial charge in [-0.1, -0.05) is 12.1 Å². The van der Waals surface area contributed by atoms with Crippen molar-refractivity contribution in [1.29, 1.82) is 0 Å². The van der Waals surface area contributed by atoms with Crippen LogP contribution in [-0.4, -0.2) is 46.3 Å². The van der Waals surface area contributed by atoms with Crippen LogP contribution < -0.4 is 5.73 Å². The van der Waals surface area contributed by atoms with Crippen molar-refractivity contribution in [2.24, 2.45) is 0 Å². The fourth-order valence-electron chi connectivity index (χ4n) is 3.49. The minimum atomic E-state index is 0.212. The number of rotatable bonds is 2. The maximum Gasteiger partial charge on any atom is 0.201 e. The molecule has 0 bridgehead atoms. The molecule has 20 heavy (non-hydrogen) atoms. The van der Waals surface area contributed by atoms with Crippen LogP contribution >= 0.6 is 0 Å². The number of nitrogens with two attached hydrogens (primary N) is 1. The number of imidazole rings is 1. The Kier molecular flexibility index (Phi) is 2.89. The second-order valence-corrected chi connectivity index (χ2v) is 5.82. The molecule has 0 spiro atoms. The molecular weight excluding hydrogens is 252 g/mol. The first kappa shape index (κ1) is 12.2. The number of aromatic nitrogens is 2. The maximum absolute atomic E-state index is 6.06. The van der Waals surface area contributed by atoms with E-state index in [-0.39, 0.29) is 6.10 Å². The second kappa shape index (κ2) is 4.75. The first-order valence-corrected chi connectivity index (χ1v) is 7.37. The summed E-state index contributed by atoms with van der Waals surface area (Å²) in [4.78, 5) is 6.98. The monoisotopic (exact) mass is 272 g/mol. The summed E-state index contributed by atoms with van der Waals surface area (Å²) in [6.07, 6.45) is 2.80. The largest absolute Gasteiger partial charge is 0.373 e. The Balaban J connectivity index is 1.57. The highest BCUT2D eigenvalue weighted by Gasteiger charge is 2.32. The molecule has 2 aromatic rings. The van der Waals surface area contributed by atoms with Crippen LogP contribution in [0, 0.1) is 0 Å². The average molecular weight is 272 g/mol. The van der Waals surface area contributed by atoms with Crippen molar-refractivity contribution in [3.63, 3.8) is 0 Å². The van der Waals surface area contributed by atoms with E-state index < -0.39 is 0 Å². The molecule has 1 aromatic carbocycles. The third kappa shape index (κ3) is 1.98. The van der Waals surface area contributed by atoms with E-state index in [1.807, 2.05) is 18.2 Å². The van der Waals surface area contributed by atoms with Gasteiger partial charge in [-0.3, -0.25) is 4.90 Å². The first-order valence-electron chi connectivity index (χ1n) is 7.37. The molecule has 4 rings (SSSR count). The Hall–Kier alpha value is -1.59. The Morgan fingerprint density at radius 2 is 2.25 bits per heavy atom. The number of fused-ring (bicyclic) bond motifs is 2. The molecule has 5 heteroatoms. The quantitative estimate of drug-likeness (QED) is 0.899. The van der Waals surface area contributed by atoms with Crippen LogP contribution in [0.2, 0.25) is 0 Å². The molecule has 106 valence electrons. The van der Waals surface area contributed by atoms with Gasteiger partial charge in [0.15, 0.2) is 0 Å². The Bertz CT molecular complexity index is 623. The lowest BCUT2D eigenvalue weighted by Crippen LogP contribution is -2.47. The highest BCUT2D eigenvalue weighted by Crippen LogP contribution is 2.25. The minimum Gasteiger partial charge on any atom is -0.373 e. The molecule has 0 amide bonds. The number of anilines is 1. The van der Waals surface area contributed by atoms with Gasteiger partial charge in [0.2, 0.25) is 5.95 Å². The Morgan fingerprint density at radius 1 is 1.35 bits per heavy atom. The van der Waals surface area contributed by atoms with Gasteiger partial charge in [-0.2, -0.15) is 0 Å². The first-order chi connectivity index (χ1) is 9.81. The summed E-state index contributed by atoms with van der Waals surface area (Å²) < 4.78 is 8.10. The zero-order chi connectivity index (χ0) is 13.5. The molecule has 2 aliphatic rings. The molecule has 2 N–H and O–H groups in total. The van der Waals surface area contributed by atoms with E-state index in [1.54, 1.807) is 0 Å². The molecule has 2 saturated heterocycles. The summed E-state index contributed by atoms with van der Waals surface area (Å²) >= 11 is 0. The van der Waals surface area contributed by atoms with Gasteiger partial charge in [0.25, 0.3) is 0 Å². The molecule has 0 saturated carbocycles. The summed E-state index contributed by atoms with van der Waals surface area (Å²) in [6.45, 7) is 3.87. The van der Waals surface area contributed by atoms with Crippen molar-refractivity contribution in [2.45, 2.75) is 31.5 Å². The van der Waals surface area contributed by atoms with Crippen LogP contribution in [0.4, 0.5) is 5.95 Å². The molecule has 2 fully saturated rings. The fourth-order valence-corrected chi connectivity index (χ4v) is 3.49. The number of ether oxygens (including phenoxy) is 1. The number of morpholine rings is 1. The smallest absolute Gasteiger partial charge is 0.201 e. The van der Waals surface area contributed by atoms with Gasteiger partial charge in [0.1, 0.15) is 0 Å². The third-order valence-electron chi connectivity index (χ3n) is 4.53. The Labute approximate surface area is 118 Å². The Morgan fingerprint density at radius 3 is 3.20 bits per heavy atom. The number of hydrogen-bond acceptors (Lipinski definition) is 4. The molecule has 3 heterocycles. The predicted octanol–water partition coefficient (Wildman–Crippen LogP) is 1.48. The number of hydrogen-bond donors (Lipinski definition) is 1. The number of para-hydroxylation sites is 2. The molecule has 0 aliphatic carbocycles. The molecule has 2 aliphatic heterocycles. The molecular formula is C15H20N4O. The van der Waals surface area contributed by atoms with Crippen molar-refractivity contribution < 1.29 is 4.74 Å². The average Bonchev–Trinajstić information content (AvgIpc) is 3.04. The van der Waals surface area contributed by atoms with E-state index in [9.17, 15) is 0 Å². The highest BCUT2D eigenvalue weighted by molar-refractivity contribution is 5.78. The molecule has 2 unspecified atom stereocenters. The molecule has 1 aromatic heterocycles. The second-order valence-electron chi connectivity index (χ2n) is 5.82. The van der Waals surface area contributed by atoms with Crippen LogP contribution in [-0.2, 0) is 11.3 Å². The normalized spacial score (nSPS) is 27.0. The van der Waals surface area contributed by atoms with Crippen molar-refractivity contribution in [3.8, 4) is 0 Å². The van der Waals surface area contributed by atoms with Crippen LogP contribution in [0.25, 0.3) is 11.0 Å². The molecule has 2 atom stereocenters. The lowest BCUT2D eigenvalue weighted by Gasteiger charge is -2.35. The number of nitrogen functional groups attached to an aromatic ring is 1. The number of benzene rings is 1. The number of nitrogens with zero attached hydrogens (tertiary/aromatic N) is 3. The van der Waals surface area contributed by atoms with E-state index in [4.69, 9.17) is 10.5 Å². The van der Waals surface area contributed by atoms with Crippen LogP contribution in [0.1, 0.15) is 12.8 Å².